The molecular formula is C15H27NS. The molecular weight excluding hydrogens is 226 g/mol. The molecule has 0 aromatic rings. The van der Waals surface area contributed by atoms with Crippen LogP contribution < -0.4 is 5.32 Å². The quantitative estimate of drug-likeness (QED) is 0.594. The van der Waals surface area contributed by atoms with Crippen LogP contribution in [-0.4, -0.2) is 24.1 Å². The van der Waals surface area contributed by atoms with Gasteiger partial charge in [-0.25, -0.2) is 0 Å². The Hall–Kier alpha value is -0.130. The first-order valence-electron chi connectivity index (χ1n) is 6.78. The van der Waals surface area contributed by atoms with Crippen LogP contribution in [0.3, 0.4) is 0 Å². The van der Waals surface area contributed by atoms with E-state index in [1.807, 2.05) is 11.8 Å². The highest BCUT2D eigenvalue weighted by Crippen LogP contribution is 2.37. The second kappa shape index (κ2) is 7.34. The minimum atomic E-state index is 0.494. The summed E-state index contributed by atoms with van der Waals surface area (Å²) in [6.45, 7) is 8.24. The third kappa shape index (κ3) is 5.84. The maximum Gasteiger partial charge on any atom is 0.0545 e. The van der Waals surface area contributed by atoms with Gasteiger partial charge in [-0.15, -0.1) is 18.2 Å². The molecule has 0 amide bonds. The molecule has 1 aliphatic rings. The number of thioether (sulfide) groups is 1. The maximum atomic E-state index is 5.22. The van der Waals surface area contributed by atoms with Crippen LogP contribution in [0, 0.1) is 23.7 Å². The molecule has 0 aliphatic heterocycles. The number of nitrogens with one attached hydrogen (secondary N) is 1. The van der Waals surface area contributed by atoms with Crippen LogP contribution in [-0.2, 0) is 0 Å². The van der Waals surface area contributed by atoms with E-state index in [0.29, 0.717) is 5.41 Å². The lowest BCUT2D eigenvalue weighted by Crippen LogP contribution is -2.37. The summed E-state index contributed by atoms with van der Waals surface area (Å²) in [4.78, 5) is 0. The minimum Gasteiger partial charge on any atom is -0.313 e. The zero-order valence-corrected chi connectivity index (χ0v) is 12.4. The molecule has 0 saturated heterocycles. The van der Waals surface area contributed by atoms with E-state index in [-0.39, 0.29) is 0 Å². The molecule has 0 radical (unpaired) electrons. The number of rotatable bonds is 5. The van der Waals surface area contributed by atoms with Crippen molar-refractivity contribution in [2.45, 2.75) is 52.5 Å². The van der Waals surface area contributed by atoms with Crippen molar-refractivity contribution in [1.29, 1.82) is 0 Å². The SMILES string of the molecule is C#CCSCCNC1CCC(C(C)(C)C)CC1. The summed E-state index contributed by atoms with van der Waals surface area (Å²) >= 11 is 1.85. The molecule has 2 heteroatoms. The smallest absolute Gasteiger partial charge is 0.0545 e. The van der Waals surface area contributed by atoms with Gasteiger partial charge in [-0.1, -0.05) is 26.7 Å². The fourth-order valence-corrected chi connectivity index (χ4v) is 3.15. The van der Waals surface area contributed by atoms with E-state index in [4.69, 9.17) is 6.42 Å². The Morgan fingerprint density at radius 3 is 2.41 bits per heavy atom. The first kappa shape index (κ1) is 14.9. The van der Waals surface area contributed by atoms with Crippen LogP contribution in [0.1, 0.15) is 46.5 Å². The lowest BCUT2D eigenvalue weighted by atomic mass is 9.71. The predicted octanol–water partition coefficient (Wildman–Crippen LogP) is 3.55. The summed E-state index contributed by atoms with van der Waals surface area (Å²) in [6.07, 6.45) is 10.7. The molecule has 1 nitrogen and oxygen atoms in total. The van der Waals surface area contributed by atoms with E-state index in [9.17, 15) is 0 Å². The van der Waals surface area contributed by atoms with Crippen LogP contribution in [0.2, 0.25) is 0 Å². The second-order valence-corrected chi connectivity index (χ2v) is 7.23. The van der Waals surface area contributed by atoms with E-state index >= 15 is 0 Å². The Balaban J connectivity index is 2.09. The first-order valence-corrected chi connectivity index (χ1v) is 7.94. The van der Waals surface area contributed by atoms with Crippen molar-refractivity contribution in [3.63, 3.8) is 0 Å². The third-order valence-electron chi connectivity index (χ3n) is 3.82. The Bertz CT molecular complexity index is 241. The molecule has 0 unspecified atom stereocenters. The summed E-state index contributed by atoms with van der Waals surface area (Å²) in [7, 11) is 0. The average Bonchev–Trinajstić information content (AvgIpc) is 2.28. The van der Waals surface area contributed by atoms with Gasteiger partial charge in [-0.2, -0.15) is 0 Å². The van der Waals surface area contributed by atoms with Gasteiger partial charge in [-0.3, -0.25) is 0 Å². The zero-order chi connectivity index (χ0) is 12.7. The second-order valence-electron chi connectivity index (χ2n) is 6.13. The Kier molecular flexibility index (Phi) is 6.44. The standard InChI is InChI=1S/C15H27NS/c1-5-11-17-12-10-16-14-8-6-13(7-9-14)15(2,3)4/h1,13-14,16H,6-12H2,2-4H3. The molecule has 0 spiro atoms. The lowest BCUT2D eigenvalue weighted by molar-refractivity contribution is 0.161. The van der Waals surface area contributed by atoms with Gasteiger partial charge in [0.1, 0.15) is 0 Å². The molecule has 17 heavy (non-hydrogen) atoms. The van der Waals surface area contributed by atoms with E-state index in [0.717, 1.165) is 30.0 Å². The van der Waals surface area contributed by atoms with Gasteiger partial charge >= 0.3 is 0 Å². The fourth-order valence-electron chi connectivity index (χ4n) is 2.63. The van der Waals surface area contributed by atoms with Gasteiger partial charge in [0.05, 0.1) is 5.75 Å². The summed E-state index contributed by atoms with van der Waals surface area (Å²) in [5.41, 5.74) is 0.494. The predicted molar refractivity (Wildman–Crippen MR) is 79.4 cm³/mol. The van der Waals surface area contributed by atoms with E-state index < -0.39 is 0 Å². The topological polar surface area (TPSA) is 12.0 Å². The van der Waals surface area contributed by atoms with Gasteiger partial charge < -0.3 is 5.32 Å². The van der Waals surface area contributed by atoms with Gasteiger partial charge in [0.25, 0.3) is 0 Å². The molecule has 1 N–H and O–H groups in total. The van der Waals surface area contributed by atoms with Crippen LogP contribution in [0.4, 0.5) is 0 Å². The molecule has 1 saturated carbocycles. The first-order chi connectivity index (χ1) is 8.04. The molecule has 1 aliphatic carbocycles. The number of terminal acetylenes is 1. The Labute approximate surface area is 112 Å². The van der Waals surface area contributed by atoms with Gasteiger partial charge in [-0.05, 0) is 37.0 Å². The molecule has 0 aromatic heterocycles. The summed E-state index contributed by atoms with van der Waals surface area (Å²) < 4.78 is 0. The Morgan fingerprint density at radius 2 is 1.88 bits per heavy atom. The monoisotopic (exact) mass is 253 g/mol. The summed E-state index contributed by atoms with van der Waals surface area (Å²) in [5, 5.41) is 3.66. The minimum absolute atomic E-state index is 0.494. The lowest BCUT2D eigenvalue weighted by Gasteiger charge is -2.37. The zero-order valence-electron chi connectivity index (χ0n) is 11.6. The summed E-state index contributed by atoms with van der Waals surface area (Å²) in [6, 6.07) is 0.750. The number of hydrogen-bond donors (Lipinski definition) is 1. The number of hydrogen-bond acceptors (Lipinski definition) is 2. The highest BCUT2D eigenvalue weighted by Gasteiger charge is 2.29. The van der Waals surface area contributed by atoms with Gasteiger partial charge in [0.15, 0.2) is 0 Å². The molecule has 0 bridgehead atoms. The third-order valence-corrected chi connectivity index (χ3v) is 4.68. The van der Waals surface area contributed by atoms with E-state index in [1.165, 1.54) is 25.7 Å². The fraction of sp³-hybridized carbons (Fsp3) is 0.867. The van der Waals surface area contributed by atoms with Crippen LogP contribution in [0.5, 0.6) is 0 Å². The molecule has 1 fully saturated rings. The van der Waals surface area contributed by atoms with Crippen molar-refractivity contribution in [3.05, 3.63) is 0 Å². The maximum absolute atomic E-state index is 5.22. The van der Waals surface area contributed by atoms with Crippen molar-refractivity contribution >= 4 is 11.8 Å². The highest BCUT2D eigenvalue weighted by molar-refractivity contribution is 7.99. The average molecular weight is 253 g/mol. The van der Waals surface area contributed by atoms with E-state index in [2.05, 4.69) is 32.0 Å². The van der Waals surface area contributed by atoms with Crippen molar-refractivity contribution in [3.8, 4) is 12.3 Å². The van der Waals surface area contributed by atoms with E-state index in [1.54, 1.807) is 0 Å². The van der Waals surface area contributed by atoms with Gasteiger partial charge in [0.2, 0.25) is 0 Å². The van der Waals surface area contributed by atoms with Crippen LogP contribution in [0.15, 0.2) is 0 Å². The molecule has 1 rings (SSSR count). The highest BCUT2D eigenvalue weighted by atomic mass is 32.2. The van der Waals surface area contributed by atoms with Crippen molar-refractivity contribution in [1.82, 2.24) is 5.32 Å². The molecule has 0 heterocycles. The van der Waals surface area contributed by atoms with Crippen LogP contribution in [0.25, 0.3) is 0 Å². The van der Waals surface area contributed by atoms with Crippen molar-refractivity contribution < 1.29 is 0 Å². The molecule has 98 valence electrons. The normalized spacial score (nSPS) is 25.5. The molecule has 0 atom stereocenters. The summed E-state index contributed by atoms with van der Waals surface area (Å²) in [5.74, 6) is 5.56. The van der Waals surface area contributed by atoms with Crippen molar-refractivity contribution in [2.75, 3.05) is 18.1 Å². The molecule has 0 aromatic carbocycles. The largest absolute Gasteiger partial charge is 0.313 e. The Morgan fingerprint density at radius 1 is 1.24 bits per heavy atom. The van der Waals surface area contributed by atoms with Gasteiger partial charge in [0, 0.05) is 18.3 Å². The van der Waals surface area contributed by atoms with Crippen molar-refractivity contribution in [2.24, 2.45) is 11.3 Å². The van der Waals surface area contributed by atoms with Crippen LogP contribution >= 0.6 is 11.8 Å².